The van der Waals surface area contributed by atoms with Crippen molar-refractivity contribution in [2.45, 2.75) is 50.7 Å². The van der Waals surface area contributed by atoms with Crippen LogP contribution in [0.4, 0.5) is 0 Å². The van der Waals surface area contributed by atoms with Gasteiger partial charge in [0.1, 0.15) is 0 Å². The van der Waals surface area contributed by atoms with Gasteiger partial charge >= 0.3 is 0 Å². The number of nitrogens with zero attached hydrogens (tertiary/aromatic N) is 1. The van der Waals surface area contributed by atoms with Crippen LogP contribution in [0, 0.1) is 0 Å². The van der Waals surface area contributed by atoms with Crippen molar-refractivity contribution in [2.75, 3.05) is 7.05 Å². The zero-order valence-corrected chi connectivity index (χ0v) is 11.0. The van der Waals surface area contributed by atoms with Crippen molar-refractivity contribution < 1.29 is 0 Å². The van der Waals surface area contributed by atoms with Crippen LogP contribution in [0.25, 0.3) is 0 Å². The molecule has 90 valence electrons. The van der Waals surface area contributed by atoms with Crippen LogP contribution in [0.1, 0.15) is 43.5 Å². The average molecular weight is 238 g/mol. The van der Waals surface area contributed by atoms with Crippen LogP contribution in [0.5, 0.6) is 0 Å². The van der Waals surface area contributed by atoms with E-state index in [-0.39, 0.29) is 0 Å². The van der Waals surface area contributed by atoms with Gasteiger partial charge in [-0.1, -0.05) is 18.9 Å². The highest BCUT2D eigenvalue weighted by atomic mass is 32.1. The van der Waals surface area contributed by atoms with Gasteiger partial charge in [0.25, 0.3) is 0 Å². The van der Waals surface area contributed by atoms with Gasteiger partial charge in [0.05, 0.1) is 0 Å². The van der Waals surface area contributed by atoms with Crippen molar-refractivity contribution in [1.82, 2.24) is 4.90 Å². The van der Waals surface area contributed by atoms with Gasteiger partial charge in [0.15, 0.2) is 0 Å². The molecule has 2 rings (SSSR count). The molecule has 3 atom stereocenters. The molecule has 0 radical (unpaired) electrons. The van der Waals surface area contributed by atoms with Crippen LogP contribution in [0.3, 0.4) is 0 Å². The average Bonchev–Trinajstić information content (AvgIpc) is 2.81. The molecule has 2 N–H and O–H groups in total. The van der Waals surface area contributed by atoms with E-state index in [1.165, 1.54) is 30.6 Å². The highest BCUT2D eigenvalue weighted by Gasteiger charge is 2.28. The molecule has 16 heavy (non-hydrogen) atoms. The Labute approximate surface area is 102 Å². The van der Waals surface area contributed by atoms with Gasteiger partial charge in [-0.3, -0.25) is 4.90 Å². The zero-order valence-electron chi connectivity index (χ0n) is 10.2. The first kappa shape index (κ1) is 12.1. The summed E-state index contributed by atoms with van der Waals surface area (Å²) in [5.41, 5.74) is 6.23. The molecule has 1 aromatic heterocycles. The molecule has 3 heteroatoms. The third kappa shape index (κ3) is 2.47. The van der Waals surface area contributed by atoms with Gasteiger partial charge in [0.2, 0.25) is 0 Å². The largest absolute Gasteiger partial charge is 0.326 e. The van der Waals surface area contributed by atoms with E-state index in [1.807, 2.05) is 11.3 Å². The smallest absolute Gasteiger partial charge is 0.0413 e. The minimum Gasteiger partial charge on any atom is -0.326 e. The van der Waals surface area contributed by atoms with Crippen LogP contribution < -0.4 is 5.73 Å². The highest BCUT2D eigenvalue weighted by Crippen LogP contribution is 2.30. The summed E-state index contributed by atoms with van der Waals surface area (Å²) in [6.45, 7) is 2.28. The fourth-order valence-corrected chi connectivity index (χ4v) is 3.50. The summed E-state index contributed by atoms with van der Waals surface area (Å²) in [6, 6.07) is 5.77. The van der Waals surface area contributed by atoms with Crippen LogP contribution in [0.2, 0.25) is 0 Å². The molecule has 2 nitrogen and oxygen atoms in total. The molecule has 3 unspecified atom stereocenters. The van der Waals surface area contributed by atoms with Crippen molar-refractivity contribution >= 4 is 11.3 Å². The normalized spacial score (nSPS) is 28.2. The standard InChI is InChI=1S/C13H22N2S/c1-10(13-8-5-9-16-13)15(2)12-7-4-3-6-11(12)14/h5,8-12H,3-4,6-7,14H2,1-2H3. The van der Waals surface area contributed by atoms with E-state index in [9.17, 15) is 0 Å². The predicted octanol–water partition coefficient (Wildman–Crippen LogP) is 3.01. The molecule has 0 amide bonds. The zero-order chi connectivity index (χ0) is 11.5. The molecule has 1 heterocycles. The molecule has 0 aliphatic heterocycles. The fourth-order valence-electron chi connectivity index (χ4n) is 2.66. The summed E-state index contributed by atoms with van der Waals surface area (Å²) in [7, 11) is 2.22. The third-order valence-electron chi connectivity index (χ3n) is 3.87. The highest BCUT2D eigenvalue weighted by molar-refractivity contribution is 7.10. The maximum atomic E-state index is 6.23. The van der Waals surface area contributed by atoms with E-state index in [2.05, 4.69) is 36.4 Å². The Bertz CT molecular complexity index is 310. The Hall–Kier alpha value is -0.380. The SMILES string of the molecule is CC(c1cccs1)N(C)C1CCCCC1N. The molecular weight excluding hydrogens is 216 g/mol. The third-order valence-corrected chi connectivity index (χ3v) is 4.91. The molecule has 0 aromatic carbocycles. The van der Waals surface area contributed by atoms with Crippen molar-refractivity contribution in [3.63, 3.8) is 0 Å². The Kier molecular flexibility index (Phi) is 4.00. The minimum atomic E-state index is 0.362. The number of rotatable bonds is 3. The van der Waals surface area contributed by atoms with Crippen LogP contribution >= 0.6 is 11.3 Å². The number of thiophene rings is 1. The van der Waals surface area contributed by atoms with E-state index < -0.39 is 0 Å². The van der Waals surface area contributed by atoms with Crippen LogP contribution in [-0.2, 0) is 0 Å². The summed E-state index contributed by atoms with van der Waals surface area (Å²) in [4.78, 5) is 3.91. The van der Waals surface area contributed by atoms with E-state index in [1.54, 1.807) is 0 Å². The second-order valence-corrected chi connectivity index (χ2v) is 5.85. The van der Waals surface area contributed by atoms with E-state index in [0.717, 1.165) is 0 Å². The van der Waals surface area contributed by atoms with Gasteiger partial charge in [0, 0.05) is 23.0 Å². The second kappa shape index (κ2) is 5.30. The van der Waals surface area contributed by atoms with Gasteiger partial charge in [-0.05, 0) is 38.3 Å². The first-order chi connectivity index (χ1) is 7.70. The number of hydrogen-bond acceptors (Lipinski definition) is 3. The monoisotopic (exact) mass is 238 g/mol. The lowest BCUT2D eigenvalue weighted by atomic mass is 9.89. The van der Waals surface area contributed by atoms with Crippen LogP contribution in [-0.4, -0.2) is 24.0 Å². The quantitative estimate of drug-likeness (QED) is 0.877. The fraction of sp³-hybridized carbons (Fsp3) is 0.692. The van der Waals surface area contributed by atoms with Crippen LogP contribution in [0.15, 0.2) is 17.5 Å². The number of likely N-dealkylation sites (N-methyl/N-ethyl adjacent to an activating group) is 1. The van der Waals surface area contributed by atoms with E-state index >= 15 is 0 Å². The van der Waals surface area contributed by atoms with Crippen molar-refractivity contribution in [1.29, 1.82) is 0 Å². The molecule has 0 bridgehead atoms. The summed E-state index contributed by atoms with van der Waals surface area (Å²) in [5.74, 6) is 0. The molecule has 1 saturated carbocycles. The molecule has 1 fully saturated rings. The van der Waals surface area contributed by atoms with Gasteiger partial charge < -0.3 is 5.73 Å². The molecular formula is C13H22N2S. The molecule has 0 spiro atoms. The summed E-state index contributed by atoms with van der Waals surface area (Å²) in [6.07, 6.45) is 5.08. The molecule has 0 saturated heterocycles. The lowest BCUT2D eigenvalue weighted by Gasteiger charge is -2.39. The van der Waals surface area contributed by atoms with Gasteiger partial charge in [-0.2, -0.15) is 0 Å². The van der Waals surface area contributed by atoms with Crippen molar-refractivity contribution in [3.8, 4) is 0 Å². The van der Waals surface area contributed by atoms with Gasteiger partial charge in [-0.15, -0.1) is 11.3 Å². The lowest BCUT2D eigenvalue weighted by Crippen LogP contribution is -2.48. The minimum absolute atomic E-state index is 0.362. The Morgan fingerprint density at radius 3 is 2.81 bits per heavy atom. The first-order valence-electron chi connectivity index (χ1n) is 6.21. The predicted molar refractivity (Wildman–Crippen MR) is 70.7 cm³/mol. The van der Waals surface area contributed by atoms with Crippen molar-refractivity contribution in [2.24, 2.45) is 5.73 Å². The topological polar surface area (TPSA) is 29.3 Å². The molecule has 1 aliphatic rings. The summed E-state index contributed by atoms with van der Waals surface area (Å²) < 4.78 is 0. The maximum Gasteiger partial charge on any atom is 0.0413 e. The Morgan fingerprint density at radius 2 is 2.19 bits per heavy atom. The number of nitrogens with two attached hydrogens (primary N) is 1. The van der Waals surface area contributed by atoms with Gasteiger partial charge in [-0.25, -0.2) is 0 Å². The summed E-state index contributed by atoms with van der Waals surface area (Å²) in [5, 5.41) is 2.15. The summed E-state index contributed by atoms with van der Waals surface area (Å²) >= 11 is 1.84. The molecule has 1 aliphatic carbocycles. The Morgan fingerprint density at radius 1 is 1.44 bits per heavy atom. The Balaban J connectivity index is 2.03. The maximum absolute atomic E-state index is 6.23. The van der Waals surface area contributed by atoms with Crippen molar-refractivity contribution in [3.05, 3.63) is 22.4 Å². The molecule has 1 aromatic rings. The first-order valence-corrected chi connectivity index (χ1v) is 7.09. The lowest BCUT2D eigenvalue weighted by molar-refractivity contribution is 0.130. The van der Waals surface area contributed by atoms with E-state index in [4.69, 9.17) is 5.73 Å². The number of hydrogen-bond donors (Lipinski definition) is 1. The second-order valence-electron chi connectivity index (χ2n) is 4.87. The van der Waals surface area contributed by atoms with E-state index in [0.29, 0.717) is 18.1 Å².